The second-order valence-electron chi connectivity index (χ2n) is 5.38. The van der Waals surface area contributed by atoms with E-state index in [0.717, 1.165) is 30.0 Å². The van der Waals surface area contributed by atoms with Crippen molar-refractivity contribution >= 4 is 22.5 Å². The molecule has 1 aliphatic rings. The van der Waals surface area contributed by atoms with Crippen LogP contribution in [0.15, 0.2) is 36.5 Å². The van der Waals surface area contributed by atoms with Crippen molar-refractivity contribution in [3.8, 4) is 0 Å². The summed E-state index contributed by atoms with van der Waals surface area (Å²) in [5.41, 5.74) is -0.249. The number of rotatable bonds is 4. The number of nitrogens with zero attached hydrogens (tertiary/aromatic N) is 1. The molecule has 0 bridgehead atoms. The predicted molar refractivity (Wildman–Crippen MR) is 78.6 cm³/mol. The summed E-state index contributed by atoms with van der Waals surface area (Å²) < 4.78 is 5.47. The first kappa shape index (κ1) is 13.1. The summed E-state index contributed by atoms with van der Waals surface area (Å²) in [4.78, 5) is 16.4. The molecule has 104 valence electrons. The largest absolute Gasteiger partial charge is 0.378 e. The number of pyridine rings is 1. The Morgan fingerprint density at radius 2 is 2.10 bits per heavy atom. The molecule has 0 atom stereocenters. The van der Waals surface area contributed by atoms with Crippen LogP contribution < -0.4 is 5.32 Å². The Hall–Kier alpha value is -1.94. The molecule has 0 spiro atoms. The molecule has 0 aliphatic heterocycles. The van der Waals surface area contributed by atoms with E-state index >= 15 is 0 Å². The minimum atomic E-state index is -0.249. The molecule has 2 aromatic rings. The molecule has 1 saturated carbocycles. The van der Waals surface area contributed by atoms with Crippen molar-refractivity contribution < 1.29 is 9.53 Å². The maximum absolute atomic E-state index is 12.1. The number of amides is 1. The SMILES string of the molecule is COC1(CC(=O)Nc2cc3ccccc3cn2)CCC1. The van der Waals surface area contributed by atoms with Crippen LogP contribution in [0, 0.1) is 0 Å². The molecule has 1 amide bonds. The molecule has 1 N–H and O–H groups in total. The molecular weight excluding hydrogens is 252 g/mol. The Bertz CT molecular complexity index is 630. The van der Waals surface area contributed by atoms with Crippen LogP contribution in [0.2, 0.25) is 0 Å². The van der Waals surface area contributed by atoms with Crippen molar-refractivity contribution in [1.29, 1.82) is 0 Å². The molecule has 4 heteroatoms. The van der Waals surface area contributed by atoms with Gasteiger partial charge in [-0.2, -0.15) is 0 Å². The fraction of sp³-hybridized carbons (Fsp3) is 0.375. The number of anilines is 1. The lowest BCUT2D eigenvalue weighted by Crippen LogP contribution is -2.42. The fourth-order valence-electron chi connectivity index (χ4n) is 2.66. The Morgan fingerprint density at radius 1 is 1.35 bits per heavy atom. The lowest BCUT2D eigenvalue weighted by atomic mass is 9.77. The molecule has 1 fully saturated rings. The van der Waals surface area contributed by atoms with Crippen LogP contribution in [-0.4, -0.2) is 23.6 Å². The molecule has 20 heavy (non-hydrogen) atoms. The molecule has 1 aromatic carbocycles. The first-order valence-corrected chi connectivity index (χ1v) is 6.91. The highest BCUT2D eigenvalue weighted by atomic mass is 16.5. The van der Waals surface area contributed by atoms with Gasteiger partial charge >= 0.3 is 0 Å². The highest BCUT2D eigenvalue weighted by Gasteiger charge is 2.39. The van der Waals surface area contributed by atoms with Gasteiger partial charge in [-0.25, -0.2) is 4.98 Å². The van der Waals surface area contributed by atoms with Gasteiger partial charge in [0.1, 0.15) is 5.82 Å². The van der Waals surface area contributed by atoms with Crippen molar-refractivity contribution in [3.05, 3.63) is 36.5 Å². The van der Waals surface area contributed by atoms with Gasteiger partial charge in [0, 0.05) is 18.7 Å². The highest BCUT2D eigenvalue weighted by molar-refractivity contribution is 5.93. The first-order chi connectivity index (χ1) is 9.71. The topological polar surface area (TPSA) is 51.2 Å². The number of fused-ring (bicyclic) bond motifs is 1. The normalized spacial score (nSPS) is 16.6. The number of benzene rings is 1. The van der Waals surface area contributed by atoms with E-state index in [1.807, 2.05) is 30.3 Å². The van der Waals surface area contributed by atoms with E-state index in [1.165, 1.54) is 0 Å². The number of nitrogens with one attached hydrogen (secondary N) is 1. The monoisotopic (exact) mass is 270 g/mol. The summed E-state index contributed by atoms with van der Waals surface area (Å²) >= 11 is 0. The second kappa shape index (κ2) is 5.21. The summed E-state index contributed by atoms with van der Waals surface area (Å²) in [6, 6.07) is 9.86. The molecule has 3 rings (SSSR count). The van der Waals surface area contributed by atoms with Crippen molar-refractivity contribution in [2.75, 3.05) is 12.4 Å². The Kier molecular flexibility index (Phi) is 3.40. The number of hydrogen-bond donors (Lipinski definition) is 1. The van der Waals surface area contributed by atoms with Crippen molar-refractivity contribution in [1.82, 2.24) is 4.98 Å². The third-order valence-corrected chi connectivity index (χ3v) is 4.08. The smallest absolute Gasteiger partial charge is 0.228 e. The van der Waals surface area contributed by atoms with Gasteiger partial charge in [0.15, 0.2) is 0 Å². The third-order valence-electron chi connectivity index (χ3n) is 4.08. The van der Waals surface area contributed by atoms with Gasteiger partial charge in [-0.15, -0.1) is 0 Å². The highest BCUT2D eigenvalue weighted by Crippen LogP contribution is 2.38. The molecule has 0 saturated heterocycles. The Morgan fingerprint density at radius 3 is 2.75 bits per heavy atom. The van der Waals surface area contributed by atoms with Crippen molar-refractivity contribution in [3.63, 3.8) is 0 Å². The minimum Gasteiger partial charge on any atom is -0.378 e. The molecule has 1 aromatic heterocycles. The predicted octanol–water partition coefficient (Wildman–Crippen LogP) is 3.13. The third kappa shape index (κ3) is 2.51. The zero-order valence-corrected chi connectivity index (χ0v) is 11.6. The molecular formula is C16H18N2O2. The van der Waals surface area contributed by atoms with E-state index in [9.17, 15) is 4.79 Å². The van der Waals surface area contributed by atoms with Crippen LogP contribution in [0.4, 0.5) is 5.82 Å². The number of carbonyl (C=O) groups is 1. The van der Waals surface area contributed by atoms with E-state index in [2.05, 4.69) is 10.3 Å². The van der Waals surface area contributed by atoms with Gasteiger partial charge < -0.3 is 10.1 Å². The maximum Gasteiger partial charge on any atom is 0.228 e. The van der Waals surface area contributed by atoms with Crippen LogP contribution >= 0.6 is 0 Å². The second-order valence-corrected chi connectivity index (χ2v) is 5.38. The molecule has 4 nitrogen and oxygen atoms in total. The zero-order chi connectivity index (χ0) is 14.0. The zero-order valence-electron chi connectivity index (χ0n) is 11.6. The van der Waals surface area contributed by atoms with Crippen LogP contribution in [0.1, 0.15) is 25.7 Å². The average Bonchev–Trinajstić information content (AvgIpc) is 2.43. The van der Waals surface area contributed by atoms with E-state index in [0.29, 0.717) is 12.2 Å². The average molecular weight is 270 g/mol. The lowest BCUT2D eigenvalue weighted by Gasteiger charge is -2.39. The van der Waals surface area contributed by atoms with E-state index in [4.69, 9.17) is 4.74 Å². The standard InChI is InChI=1S/C16H18N2O2/c1-20-16(7-4-8-16)10-15(19)18-14-9-12-5-2-3-6-13(12)11-17-14/h2-3,5-6,9,11H,4,7-8,10H2,1H3,(H,17,18,19). The van der Waals surface area contributed by atoms with Gasteiger partial charge in [0.25, 0.3) is 0 Å². The van der Waals surface area contributed by atoms with Gasteiger partial charge in [0.05, 0.1) is 12.0 Å². The van der Waals surface area contributed by atoms with Crippen LogP contribution in [0.3, 0.4) is 0 Å². The number of ether oxygens (including phenoxy) is 1. The van der Waals surface area contributed by atoms with Gasteiger partial charge in [-0.3, -0.25) is 4.79 Å². The summed E-state index contributed by atoms with van der Waals surface area (Å²) in [6.07, 6.45) is 5.23. The summed E-state index contributed by atoms with van der Waals surface area (Å²) in [6.45, 7) is 0. The summed E-state index contributed by atoms with van der Waals surface area (Å²) in [5.74, 6) is 0.564. The van der Waals surface area contributed by atoms with Crippen LogP contribution in [-0.2, 0) is 9.53 Å². The molecule has 0 radical (unpaired) electrons. The number of aromatic nitrogens is 1. The van der Waals surface area contributed by atoms with Gasteiger partial charge in [0.2, 0.25) is 5.91 Å². The number of methoxy groups -OCH3 is 1. The van der Waals surface area contributed by atoms with Crippen LogP contribution in [0.25, 0.3) is 10.8 Å². The Labute approximate surface area is 118 Å². The molecule has 1 aliphatic carbocycles. The van der Waals surface area contributed by atoms with E-state index < -0.39 is 0 Å². The quantitative estimate of drug-likeness (QED) is 0.928. The molecule has 0 unspecified atom stereocenters. The van der Waals surface area contributed by atoms with Crippen molar-refractivity contribution in [2.24, 2.45) is 0 Å². The summed E-state index contributed by atoms with van der Waals surface area (Å²) in [5, 5.41) is 5.00. The summed E-state index contributed by atoms with van der Waals surface area (Å²) in [7, 11) is 1.68. The fourth-order valence-corrected chi connectivity index (χ4v) is 2.66. The van der Waals surface area contributed by atoms with E-state index in [1.54, 1.807) is 13.3 Å². The van der Waals surface area contributed by atoms with Crippen LogP contribution in [0.5, 0.6) is 0 Å². The van der Waals surface area contributed by atoms with E-state index in [-0.39, 0.29) is 11.5 Å². The number of hydrogen-bond acceptors (Lipinski definition) is 3. The lowest BCUT2D eigenvalue weighted by molar-refractivity contribution is -0.129. The number of carbonyl (C=O) groups excluding carboxylic acids is 1. The molecule has 1 heterocycles. The van der Waals surface area contributed by atoms with Crippen molar-refractivity contribution in [2.45, 2.75) is 31.3 Å². The Balaban J connectivity index is 1.71. The first-order valence-electron chi connectivity index (χ1n) is 6.91. The minimum absolute atomic E-state index is 0.0330. The van der Waals surface area contributed by atoms with Gasteiger partial charge in [-0.05, 0) is 30.7 Å². The maximum atomic E-state index is 12.1. The van der Waals surface area contributed by atoms with Gasteiger partial charge in [-0.1, -0.05) is 24.3 Å².